The fraction of sp³-hybridized carbons (Fsp3) is 0.200. The normalized spacial score (nSPS) is 10.3. The Morgan fingerprint density at radius 3 is 2.89 bits per heavy atom. The number of nitrogens with zero attached hydrogens (tertiary/aromatic N) is 4. The Labute approximate surface area is 102 Å². The van der Waals surface area contributed by atoms with Crippen molar-refractivity contribution in [2.45, 2.75) is 6.54 Å². The first-order valence-corrected chi connectivity index (χ1v) is 5.10. The van der Waals surface area contributed by atoms with Gasteiger partial charge in [-0.3, -0.25) is 10.1 Å². The molecule has 8 heteroatoms. The van der Waals surface area contributed by atoms with Crippen molar-refractivity contribution in [2.75, 3.05) is 7.11 Å². The van der Waals surface area contributed by atoms with E-state index in [1.165, 1.54) is 30.0 Å². The molecule has 0 radical (unpaired) electrons. The molecule has 0 bridgehead atoms. The average Bonchev–Trinajstić information content (AvgIpc) is 2.86. The second kappa shape index (κ2) is 4.80. The molecule has 8 nitrogen and oxygen atoms in total. The molecular weight excluding hydrogens is 238 g/mol. The highest BCUT2D eigenvalue weighted by Crippen LogP contribution is 2.26. The lowest BCUT2D eigenvalue weighted by Gasteiger charge is -2.06. The molecule has 1 aromatic heterocycles. The molecule has 2 rings (SSSR count). The van der Waals surface area contributed by atoms with Crippen LogP contribution in [0.3, 0.4) is 0 Å². The Kier molecular flexibility index (Phi) is 3.20. The van der Waals surface area contributed by atoms with Crippen LogP contribution in [0.1, 0.15) is 5.69 Å². The predicted octanol–water partition coefficient (Wildman–Crippen LogP) is 0.643. The topological polar surface area (TPSA) is 109 Å². The van der Waals surface area contributed by atoms with Crippen LogP contribution in [-0.2, 0) is 6.54 Å². The molecule has 0 atom stereocenters. The molecule has 2 aromatic rings. The van der Waals surface area contributed by atoms with Crippen LogP contribution >= 0.6 is 0 Å². The summed E-state index contributed by atoms with van der Waals surface area (Å²) < 4.78 is 6.53. The van der Waals surface area contributed by atoms with Gasteiger partial charge in [0, 0.05) is 18.7 Å². The minimum absolute atomic E-state index is 0.0457. The summed E-state index contributed by atoms with van der Waals surface area (Å²) in [5, 5.41) is 18.4. The maximum absolute atomic E-state index is 10.7. The lowest BCUT2D eigenvalue weighted by molar-refractivity contribution is -0.384. The van der Waals surface area contributed by atoms with Gasteiger partial charge < -0.3 is 10.5 Å². The Hall–Kier alpha value is -2.48. The monoisotopic (exact) mass is 249 g/mol. The summed E-state index contributed by atoms with van der Waals surface area (Å²) in [4.78, 5) is 10.3. The first-order chi connectivity index (χ1) is 8.65. The Morgan fingerprint density at radius 2 is 2.33 bits per heavy atom. The van der Waals surface area contributed by atoms with E-state index in [0.29, 0.717) is 17.1 Å². The van der Waals surface area contributed by atoms with E-state index in [-0.39, 0.29) is 12.2 Å². The first-order valence-electron chi connectivity index (χ1n) is 5.10. The third kappa shape index (κ3) is 2.13. The van der Waals surface area contributed by atoms with Gasteiger partial charge in [0.2, 0.25) is 0 Å². The summed E-state index contributed by atoms with van der Waals surface area (Å²) in [5.41, 5.74) is 6.42. The quantitative estimate of drug-likeness (QED) is 0.629. The minimum Gasteiger partial charge on any atom is -0.494 e. The number of rotatable bonds is 4. The predicted molar refractivity (Wildman–Crippen MR) is 62.5 cm³/mol. The minimum atomic E-state index is -0.482. The lowest BCUT2D eigenvalue weighted by atomic mass is 10.2. The summed E-state index contributed by atoms with van der Waals surface area (Å²) in [5.74, 6) is 0.467. The maximum atomic E-state index is 10.7. The van der Waals surface area contributed by atoms with Gasteiger partial charge in [-0.1, -0.05) is 5.21 Å². The van der Waals surface area contributed by atoms with E-state index in [0.717, 1.165) is 0 Å². The van der Waals surface area contributed by atoms with Crippen molar-refractivity contribution < 1.29 is 9.66 Å². The second-order valence-corrected chi connectivity index (χ2v) is 3.47. The highest BCUT2D eigenvalue weighted by Gasteiger charge is 2.14. The van der Waals surface area contributed by atoms with Crippen LogP contribution in [0.2, 0.25) is 0 Å². The van der Waals surface area contributed by atoms with Crippen molar-refractivity contribution >= 4 is 5.69 Å². The molecule has 0 unspecified atom stereocenters. The number of non-ortho nitro benzene ring substituents is 1. The summed E-state index contributed by atoms with van der Waals surface area (Å²) in [6.45, 7) is 0.247. The van der Waals surface area contributed by atoms with E-state index in [2.05, 4.69) is 10.3 Å². The molecule has 0 amide bonds. The van der Waals surface area contributed by atoms with Crippen molar-refractivity contribution in [1.29, 1.82) is 0 Å². The zero-order valence-electron chi connectivity index (χ0n) is 9.61. The number of nitrogens with two attached hydrogens (primary N) is 1. The third-order valence-corrected chi connectivity index (χ3v) is 2.37. The van der Waals surface area contributed by atoms with Gasteiger partial charge in [-0.05, 0) is 6.07 Å². The number of aromatic nitrogens is 3. The van der Waals surface area contributed by atoms with Crippen molar-refractivity contribution in [2.24, 2.45) is 5.73 Å². The molecule has 1 aromatic carbocycles. The van der Waals surface area contributed by atoms with Crippen molar-refractivity contribution in [1.82, 2.24) is 15.0 Å². The van der Waals surface area contributed by atoms with Crippen LogP contribution in [-0.4, -0.2) is 27.0 Å². The fourth-order valence-corrected chi connectivity index (χ4v) is 1.48. The molecule has 0 aliphatic heterocycles. The van der Waals surface area contributed by atoms with Crippen molar-refractivity contribution in [3.63, 3.8) is 0 Å². The molecule has 0 saturated carbocycles. The molecule has 0 saturated heterocycles. The van der Waals surface area contributed by atoms with Gasteiger partial charge in [0.05, 0.1) is 23.9 Å². The summed E-state index contributed by atoms with van der Waals surface area (Å²) in [6, 6.07) is 4.24. The van der Waals surface area contributed by atoms with Gasteiger partial charge >= 0.3 is 0 Å². The number of ether oxygens (including phenoxy) is 1. The van der Waals surface area contributed by atoms with Crippen molar-refractivity contribution in [3.05, 3.63) is 40.2 Å². The van der Waals surface area contributed by atoms with Crippen LogP contribution in [0.5, 0.6) is 5.75 Å². The number of benzene rings is 1. The Morgan fingerprint density at radius 1 is 1.56 bits per heavy atom. The molecule has 18 heavy (non-hydrogen) atoms. The molecule has 0 spiro atoms. The number of hydrogen-bond acceptors (Lipinski definition) is 6. The molecule has 0 aliphatic carbocycles. The van der Waals surface area contributed by atoms with E-state index in [4.69, 9.17) is 10.5 Å². The van der Waals surface area contributed by atoms with E-state index in [1.807, 2.05) is 0 Å². The number of methoxy groups -OCH3 is 1. The van der Waals surface area contributed by atoms with Gasteiger partial charge in [0.1, 0.15) is 11.4 Å². The van der Waals surface area contributed by atoms with Gasteiger partial charge in [-0.15, -0.1) is 5.10 Å². The molecule has 0 aliphatic rings. The lowest BCUT2D eigenvalue weighted by Crippen LogP contribution is -2.00. The van der Waals surface area contributed by atoms with E-state index in [9.17, 15) is 10.1 Å². The fourth-order valence-electron chi connectivity index (χ4n) is 1.48. The van der Waals surface area contributed by atoms with Crippen LogP contribution in [0.4, 0.5) is 5.69 Å². The smallest absolute Gasteiger partial charge is 0.271 e. The largest absolute Gasteiger partial charge is 0.494 e. The van der Waals surface area contributed by atoms with Crippen molar-refractivity contribution in [3.8, 4) is 11.4 Å². The summed E-state index contributed by atoms with van der Waals surface area (Å²) in [7, 11) is 1.48. The van der Waals surface area contributed by atoms with E-state index >= 15 is 0 Å². The summed E-state index contributed by atoms with van der Waals surface area (Å²) in [6.07, 6.45) is 1.60. The first kappa shape index (κ1) is 12.0. The molecule has 94 valence electrons. The summed E-state index contributed by atoms with van der Waals surface area (Å²) >= 11 is 0. The second-order valence-electron chi connectivity index (χ2n) is 3.47. The van der Waals surface area contributed by atoms with E-state index < -0.39 is 4.92 Å². The number of nitro benzene ring substituents is 1. The number of nitro groups is 1. The average molecular weight is 249 g/mol. The number of hydrogen-bond donors (Lipinski definition) is 1. The standard InChI is InChI=1S/C10H11N5O3/c1-18-10-3-2-8(15(16)17)4-9(10)14-6-7(5-11)12-13-14/h2-4,6H,5,11H2,1H3. The Balaban J connectivity index is 2.52. The van der Waals surface area contributed by atoms with E-state index in [1.54, 1.807) is 6.20 Å². The molecular formula is C10H11N5O3. The molecule has 1 heterocycles. The molecule has 0 fully saturated rings. The Bertz CT molecular complexity index is 581. The van der Waals surface area contributed by atoms with Gasteiger partial charge in [-0.2, -0.15) is 0 Å². The van der Waals surface area contributed by atoms with Gasteiger partial charge in [0.15, 0.2) is 0 Å². The zero-order valence-corrected chi connectivity index (χ0v) is 9.61. The van der Waals surface area contributed by atoms with Crippen LogP contribution in [0.25, 0.3) is 5.69 Å². The van der Waals surface area contributed by atoms with Crippen LogP contribution < -0.4 is 10.5 Å². The highest BCUT2D eigenvalue weighted by atomic mass is 16.6. The van der Waals surface area contributed by atoms with Gasteiger partial charge in [0.25, 0.3) is 5.69 Å². The van der Waals surface area contributed by atoms with Gasteiger partial charge in [-0.25, -0.2) is 4.68 Å². The third-order valence-electron chi connectivity index (χ3n) is 2.37. The molecule has 2 N–H and O–H groups in total. The van der Waals surface area contributed by atoms with Crippen LogP contribution in [0.15, 0.2) is 24.4 Å². The van der Waals surface area contributed by atoms with Crippen LogP contribution in [0, 0.1) is 10.1 Å². The highest BCUT2D eigenvalue weighted by molar-refractivity contribution is 5.53. The zero-order chi connectivity index (χ0) is 13.1. The SMILES string of the molecule is COc1ccc([N+](=O)[O-])cc1-n1cc(CN)nn1. The maximum Gasteiger partial charge on any atom is 0.271 e.